The van der Waals surface area contributed by atoms with Gasteiger partial charge in [-0.2, -0.15) is 0 Å². The largest absolute Gasteiger partial charge is 0.400 e. The minimum atomic E-state index is -1.38. The first-order chi connectivity index (χ1) is 5.79. The van der Waals surface area contributed by atoms with Crippen LogP contribution in [0.4, 0.5) is 0 Å². The highest BCUT2D eigenvalue weighted by Gasteiger charge is 2.42. The van der Waals surface area contributed by atoms with Crippen LogP contribution in [-0.2, 0) is 8.85 Å². The van der Waals surface area contributed by atoms with Crippen LogP contribution in [0.25, 0.3) is 0 Å². The summed E-state index contributed by atoms with van der Waals surface area (Å²) in [4.78, 5) is 0. The van der Waals surface area contributed by atoms with Crippen LogP contribution in [0.15, 0.2) is 0 Å². The van der Waals surface area contributed by atoms with E-state index in [1.54, 1.807) is 14.2 Å². The van der Waals surface area contributed by atoms with E-state index in [0.717, 1.165) is 0 Å². The summed E-state index contributed by atoms with van der Waals surface area (Å²) in [7, 11) is 2.22. The predicted octanol–water partition coefficient (Wildman–Crippen LogP) is 2.22. The van der Waals surface area contributed by atoms with Crippen molar-refractivity contribution in [2.45, 2.75) is 44.1 Å². The molecule has 0 heterocycles. The lowest BCUT2D eigenvalue weighted by atomic mass is 10.0. The van der Waals surface area contributed by atoms with E-state index in [0.29, 0.717) is 5.04 Å². The molecule has 0 atom stereocenters. The Kier molecular flexibility index (Phi) is 3.74. The Hall–Kier alpha value is 0.137. The Bertz CT molecular complexity index is 128. The summed E-state index contributed by atoms with van der Waals surface area (Å²) in [5.41, 5.74) is 0. The maximum Gasteiger partial charge on any atom is 0.327 e. The molecule has 0 aromatic carbocycles. The van der Waals surface area contributed by atoms with E-state index >= 15 is 0 Å². The maximum absolute atomic E-state index is 5.49. The number of hydrogen-bond acceptors (Lipinski definition) is 2. The van der Waals surface area contributed by atoms with Crippen LogP contribution in [0, 0.1) is 0 Å². The van der Waals surface area contributed by atoms with E-state index in [9.17, 15) is 0 Å². The third-order valence-electron chi connectivity index (χ3n) is 3.23. The molecule has 0 spiro atoms. The molecule has 0 saturated heterocycles. The van der Waals surface area contributed by atoms with Gasteiger partial charge in [-0.3, -0.25) is 0 Å². The maximum atomic E-state index is 5.49. The highest BCUT2D eigenvalue weighted by atomic mass is 28.3. The fourth-order valence-corrected chi connectivity index (χ4v) is 4.84. The third kappa shape index (κ3) is 1.73. The Morgan fingerprint density at radius 2 is 1.67 bits per heavy atom. The monoisotopic (exact) mass is 188 g/mol. The summed E-state index contributed by atoms with van der Waals surface area (Å²) in [6, 6.07) is 0. The van der Waals surface area contributed by atoms with Crippen molar-refractivity contribution >= 4 is 9.28 Å². The van der Waals surface area contributed by atoms with Gasteiger partial charge in [-0.05, 0) is 19.3 Å². The van der Waals surface area contributed by atoms with Gasteiger partial charge >= 0.3 is 9.28 Å². The van der Waals surface area contributed by atoms with Crippen molar-refractivity contribution in [2.24, 2.45) is 0 Å². The van der Waals surface area contributed by atoms with Crippen molar-refractivity contribution in [3.8, 4) is 0 Å². The van der Waals surface area contributed by atoms with Gasteiger partial charge < -0.3 is 8.85 Å². The molecule has 0 bridgehead atoms. The molecule has 2 nitrogen and oxygen atoms in total. The van der Waals surface area contributed by atoms with Gasteiger partial charge in [0.25, 0.3) is 0 Å². The van der Waals surface area contributed by atoms with E-state index in [2.05, 4.69) is 6.92 Å². The Labute approximate surface area is 77.1 Å². The van der Waals surface area contributed by atoms with Crippen molar-refractivity contribution < 1.29 is 8.85 Å². The van der Waals surface area contributed by atoms with Crippen molar-refractivity contribution in [3.63, 3.8) is 0 Å². The second kappa shape index (κ2) is 4.39. The van der Waals surface area contributed by atoms with Crippen molar-refractivity contribution in [1.82, 2.24) is 0 Å². The standard InChI is InChI=1S/C9H20O2Si/c1-4-9(7-5-6-8-9)12(10-2)11-3/h12H,4-8H2,1-3H3. The van der Waals surface area contributed by atoms with Gasteiger partial charge in [0.1, 0.15) is 0 Å². The second-order valence-corrected chi connectivity index (χ2v) is 6.56. The van der Waals surface area contributed by atoms with Gasteiger partial charge in [-0.1, -0.05) is 19.8 Å². The van der Waals surface area contributed by atoms with E-state index in [1.165, 1.54) is 32.1 Å². The Morgan fingerprint density at radius 3 is 2.00 bits per heavy atom. The molecular weight excluding hydrogens is 168 g/mol. The van der Waals surface area contributed by atoms with Crippen LogP contribution in [0.2, 0.25) is 5.04 Å². The van der Waals surface area contributed by atoms with Crippen LogP contribution < -0.4 is 0 Å². The van der Waals surface area contributed by atoms with Gasteiger partial charge in [-0.25, -0.2) is 0 Å². The fraction of sp³-hybridized carbons (Fsp3) is 1.00. The summed E-state index contributed by atoms with van der Waals surface area (Å²) in [5.74, 6) is 0. The van der Waals surface area contributed by atoms with Gasteiger partial charge in [0.15, 0.2) is 0 Å². The van der Waals surface area contributed by atoms with Crippen LogP contribution in [0.1, 0.15) is 39.0 Å². The second-order valence-electron chi connectivity index (χ2n) is 3.73. The molecule has 12 heavy (non-hydrogen) atoms. The molecule has 0 unspecified atom stereocenters. The Morgan fingerprint density at radius 1 is 1.17 bits per heavy atom. The highest BCUT2D eigenvalue weighted by molar-refractivity contribution is 6.48. The summed E-state index contributed by atoms with van der Waals surface area (Å²) in [6.07, 6.45) is 6.60. The van der Waals surface area contributed by atoms with Crippen LogP contribution in [-0.4, -0.2) is 23.5 Å². The van der Waals surface area contributed by atoms with Gasteiger partial charge in [0.2, 0.25) is 0 Å². The quantitative estimate of drug-likeness (QED) is 0.630. The average Bonchev–Trinajstić information content (AvgIpc) is 2.56. The zero-order valence-electron chi connectivity index (χ0n) is 8.43. The van der Waals surface area contributed by atoms with Crippen LogP contribution in [0.3, 0.4) is 0 Å². The first-order valence-corrected chi connectivity index (χ1v) is 6.36. The molecular formula is C9H20O2Si. The van der Waals surface area contributed by atoms with Crippen molar-refractivity contribution in [1.29, 1.82) is 0 Å². The lowest BCUT2D eigenvalue weighted by Crippen LogP contribution is -2.34. The third-order valence-corrected chi connectivity index (χ3v) is 6.07. The lowest BCUT2D eigenvalue weighted by Gasteiger charge is -2.32. The SMILES string of the molecule is CCC1([SiH](OC)OC)CCCC1. The molecule has 0 aromatic heterocycles. The molecule has 1 aliphatic rings. The zero-order valence-corrected chi connectivity index (χ0v) is 9.58. The molecule has 3 heteroatoms. The molecule has 0 aliphatic heterocycles. The van der Waals surface area contributed by atoms with E-state index in [-0.39, 0.29) is 0 Å². The molecule has 1 saturated carbocycles. The van der Waals surface area contributed by atoms with E-state index < -0.39 is 9.28 Å². The van der Waals surface area contributed by atoms with E-state index in [1.807, 2.05) is 0 Å². The summed E-state index contributed by atoms with van der Waals surface area (Å²) < 4.78 is 11.0. The molecule has 72 valence electrons. The predicted molar refractivity (Wildman–Crippen MR) is 52.6 cm³/mol. The zero-order chi connectivity index (χ0) is 9.03. The minimum Gasteiger partial charge on any atom is -0.400 e. The smallest absolute Gasteiger partial charge is 0.327 e. The molecule has 1 fully saturated rings. The average molecular weight is 188 g/mol. The lowest BCUT2D eigenvalue weighted by molar-refractivity contribution is 0.234. The van der Waals surface area contributed by atoms with Crippen LogP contribution in [0.5, 0.6) is 0 Å². The van der Waals surface area contributed by atoms with Crippen molar-refractivity contribution in [2.75, 3.05) is 14.2 Å². The first kappa shape index (κ1) is 10.2. The Balaban J connectivity index is 2.63. The van der Waals surface area contributed by atoms with Crippen molar-refractivity contribution in [3.05, 3.63) is 0 Å². The topological polar surface area (TPSA) is 18.5 Å². The van der Waals surface area contributed by atoms with E-state index in [4.69, 9.17) is 8.85 Å². The molecule has 0 aromatic rings. The minimum absolute atomic E-state index is 0.448. The molecule has 1 rings (SSSR count). The summed E-state index contributed by atoms with van der Waals surface area (Å²) in [5, 5.41) is 0.448. The molecule has 0 amide bonds. The van der Waals surface area contributed by atoms with Gasteiger partial charge in [0, 0.05) is 19.3 Å². The molecule has 0 radical (unpaired) electrons. The molecule has 1 aliphatic carbocycles. The number of hydrogen-bond donors (Lipinski definition) is 0. The van der Waals surface area contributed by atoms with Gasteiger partial charge in [-0.15, -0.1) is 0 Å². The molecule has 0 N–H and O–H groups in total. The normalized spacial score (nSPS) is 22.0. The highest BCUT2D eigenvalue weighted by Crippen LogP contribution is 2.50. The number of rotatable bonds is 4. The summed E-state index contributed by atoms with van der Waals surface area (Å²) in [6.45, 7) is 2.27. The first-order valence-electron chi connectivity index (χ1n) is 4.84. The van der Waals surface area contributed by atoms with Gasteiger partial charge in [0.05, 0.1) is 0 Å². The fourth-order valence-electron chi connectivity index (χ4n) is 2.43. The summed E-state index contributed by atoms with van der Waals surface area (Å²) >= 11 is 0. The van der Waals surface area contributed by atoms with Crippen LogP contribution >= 0.6 is 0 Å².